The number of aliphatic carboxylic acids is 1. The molecule has 1 rings (SSSR count). The SMILES string of the molecule is CC(C)(C)[C@@H](NC(=O)C(C)(C)N1CCNCC1)C(=O)O. The van der Waals surface area contributed by atoms with Crippen LogP contribution in [0.15, 0.2) is 0 Å². The Morgan fingerprint density at radius 1 is 1.15 bits per heavy atom. The number of nitrogens with zero attached hydrogens (tertiary/aromatic N) is 1. The summed E-state index contributed by atoms with van der Waals surface area (Å²) in [4.78, 5) is 25.9. The average molecular weight is 285 g/mol. The van der Waals surface area contributed by atoms with Crippen LogP contribution in [0, 0.1) is 5.41 Å². The Kier molecular flexibility index (Phi) is 5.15. The Labute approximate surface area is 120 Å². The second kappa shape index (κ2) is 6.10. The molecule has 1 amide bonds. The molecule has 0 aromatic carbocycles. The Hall–Kier alpha value is -1.14. The molecule has 0 saturated carbocycles. The summed E-state index contributed by atoms with van der Waals surface area (Å²) in [7, 11) is 0. The second-order valence-electron chi connectivity index (χ2n) is 6.91. The molecule has 0 aliphatic carbocycles. The smallest absolute Gasteiger partial charge is 0.326 e. The molecule has 1 heterocycles. The average Bonchev–Trinajstić information content (AvgIpc) is 2.34. The van der Waals surface area contributed by atoms with Crippen LogP contribution in [0.1, 0.15) is 34.6 Å². The number of nitrogens with one attached hydrogen (secondary N) is 2. The summed E-state index contributed by atoms with van der Waals surface area (Å²) in [5.41, 5.74) is -1.23. The summed E-state index contributed by atoms with van der Waals surface area (Å²) in [6.45, 7) is 12.4. The molecule has 0 aromatic rings. The van der Waals surface area contributed by atoms with Crippen molar-refractivity contribution in [2.24, 2.45) is 5.41 Å². The van der Waals surface area contributed by atoms with Gasteiger partial charge in [-0.2, -0.15) is 0 Å². The van der Waals surface area contributed by atoms with Crippen molar-refractivity contribution in [3.63, 3.8) is 0 Å². The van der Waals surface area contributed by atoms with Crippen LogP contribution in [0.5, 0.6) is 0 Å². The largest absolute Gasteiger partial charge is 0.480 e. The maximum atomic E-state index is 12.5. The van der Waals surface area contributed by atoms with Crippen LogP contribution in [0.25, 0.3) is 0 Å². The third kappa shape index (κ3) is 3.93. The predicted molar refractivity (Wildman–Crippen MR) is 77.5 cm³/mol. The van der Waals surface area contributed by atoms with Crippen LogP contribution in [-0.4, -0.2) is 59.6 Å². The Balaban J connectivity index is 2.79. The summed E-state index contributed by atoms with van der Waals surface area (Å²) < 4.78 is 0. The van der Waals surface area contributed by atoms with E-state index >= 15 is 0 Å². The summed E-state index contributed by atoms with van der Waals surface area (Å²) >= 11 is 0. The normalized spacial score (nSPS) is 19.4. The molecule has 0 unspecified atom stereocenters. The number of carbonyl (C=O) groups excluding carboxylic acids is 1. The molecule has 0 bridgehead atoms. The number of hydrogen-bond acceptors (Lipinski definition) is 4. The van der Waals surface area contributed by atoms with Gasteiger partial charge in [-0.25, -0.2) is 4.79 Å². The first-order valence-electron chi connectivity index (χ1n) is 7.06. The van der Waals surface area contributed by atoms with E-state index in [1.807, 2.05) is 34.6 Å². The predicted octanol–water partition coefficient (Wildman–Crippen LogP) is 0.286. The monoisotopic (exact) mass is 285 g/mol. The molecule has 6 heteroatoms. The first kappa shape index (κ1) is 16.9. The van der Waals surface area contributed by atoms with Gasteiger partial charge in [0.2, 0.25) is 5.91 Å². The van der Waals surface area contributed by atoms with Crippen molar-refractivity contribution in [1.29, 1.82) is 0 Å². The van der Waals surface area contributed by atoms with Gasteiger partial charge in [0.05, 0.1) is 5.54 Å². The fourth-order valence-corrected chi connectivity index (χ4v) is 2.32. The zero-order chi connectivity index (χ0) is 15.6. The number of amides is 1. The number of carboxylic acid groups (broad SMARTS) is 1. The van der Waals surface area contributed by atoms with Gasteiger partial charge in [-0.1, -0.05) is 20.8 Å². The molecular formula is C14H27N3O3. The minimum atomic E-state index is -0.998. The lowest BCUT2D eigenvalue weighted by Gasteiger charge is -2.41. The third-order valence-electron chi connectivity index (χ3n) is 3.85. The van der Waals surface area contributed by atoms with Crippen molar-refractivity contribution in [1.82, 2.24) is 15.5 Å². The van der Waals surface area contributed by atoms with Gasteiger partial charge in [0.15, 0.2) is 0 Å². The number of rotatable bonds is 4. The van der Waals surface area contributed by atoms with Gasteiger partial charge in [0.1, 0.15) is 6.04 Å². The highest BCUT2D eigenvalue weighted by Gasteiger charge is 2.40. The summed E-state index contributed by atoms with van der Waals surface area (Å²) in [6, 6.07) is -0.891. The molecule has 1 aliphatic rings. The maximum absolute atomic E-state index is 12.5. The summed E-state index contributed by atoms with van der Waals surface area (Å²) in [6.07, 6.45) is 0. The van der Waals surface area contributed by atoms with Crippen LogP contribution in [-0.2, 0) is 9.59 Å². The van der Waals surface area contributed by atoms with E-state index in [9.17, 15) is 14.7 Å². The molecule has 6 nitrogen and oxygen atoms in total. The maximum Gasteiger partial charge on any atom is 0.326 e. The van der Waals surface area contributed by atoms with Gasteiger partial charge < -0.3 is 15.7 Å². The molecular weight excluding hydrogens is 258 g/mol. The molecule has 116 valence electrons. The van der Waals surface area contributed by atoms with Crippen LogP contribution in [0.3, 0.4) is 0 Å². The van der Waals surface area contributed by atoms with E-state index in [-0.39, 0.29) is 5.91 Å². The molecule has 1 fully saturated rings. The van der Waals surface area contributed by atoms with Gasteiger partial charge in [-0.3, -0.25) is 9.69 Å². The minimum absolute atomic E-state index is 0.235. The summed E-state index contributed by atoms with van der Waals surface area (Å²) in [5.74, 6) is -1.23. The van der Waals surface area contributed by atoms with E-state index in [1.165, 1.54) is 0 Å². The van der Waals surface area contributed by atoms with E-state index in [0.717, 1.165) is 26.2 Å². The van der Waals surface area contributed by atoms with Crippen molar-refractivity contribution in [2.75, 3.05) is 26.2 Å². The van der Waals surface area contributed by atoms with Crippen molar-refractivity contribution in [3.8, 4) is 0 Å². The van der Waals surface area contributed by atoms with Crippen molar-refractivity contribution in [3.05, 3.63) is 0 Å². The molecule has 0 spiro atoms. The number of carbonyl (C=O) groups is 2. The zero-order valence-corrected chi connectivity index (χ0v) is 13.1. The van der Waals surface area contributed by atoms with E-state index in [2.05, 4.69) is 15.5 Å². The van der Waals surface area contributed by atoms with Gasteiger partial charge >= 0.3 is 5.97 Å². The highest BCUT2D eigenvalue weighted by molar-refractivity contribution is 5.89. The van der Waals surface area contributed by atoms with Crippen LogP contribution in [0.4, 0.5) is 0 Å². The molecule has 0 radical (unpaired) electrons. The highest BCUT2D eigenvalue weighted by atomic mass is 16.4. The minimum Gasteiger partial charge on any atom is -0.480 e. The fourth-order valence-electron chi connectivity index (χ4n) is 2.32. The van der Waals surface area contributed by atoms with E-state index in [0.29, 0.717) is 0 Å². The lowest BCUT2D eigenvalue weighted by Crippen LogP contribution is -2.63. The molecule has 3 N–H and O–H groups in total. The van der Waals surface area contributed by atoms with Crippen molar-refractivity contribution < 1.29 is 14.7 Å². The first-order valence-corrected chi connectivity index (χ1v) is 7.06. The lowest BCUT2D eigenvalue weighted by atomic mass is 9.86. The van der Waals surface area contributed by atoms with Crippen molar-refractivity contribution in [2.45, 2.75) is 46.2 Å². The van der Waals surface area contributed by atoms with Gasteiger partial charge in [-0.15, -0.1) is 0 Å². The molecule has 20 heavy (non-hydrogen) atoms. The number of piperazine rings is 1. The fraction of sp³-hybridized carbons (Fsp3) is 0.857. The highest BCUT2D eigenvalue weighted by Crippen LogP contribution is 2.22. The first-order chi connectivity index (χ1) is 9.06. The van der Waals surface area contributed by atoms with Crippen LogP contribution >= 0.6 is 0 Å². The second-order valence-corrected chi connectivity index (χ2v) is 6.91. The van der Waals surface area contributed by atoms with Crippen molar-refractivity contribution >= 4 is 11.9 Å². The molecule has 1 aliphatic heterocycles. The van der Waals surface area contributed by atoms with Gasteiger partial charge in [0, 0.05) is 26.2 Å². The summed E-state index contributed by atoms with van der Waals surface area (Å²) in [5, 5.41) is 15.2. The number of carboxylic acids is 1. The molecule has 1 atom stereocenters. The van der Waals surface area contributed by atoms with E-state index in [4.69, 9.17) is 0 Å². The van der Waals surface area contributed by atoms with Crippen LogP contribution < -0.4 is 10.6 Å². The Morgan fingerprint density at radius 2 is 1.65 bits per heavy atom. The third-order valence-corrected chi connectivity index (χ3v) is 3.85. The van der Waals surface area contributed by atoms with E-state index in [1.54, 1.807) is 0 Å². The lowest BCUT2D eigenvalue weighted by molar-refractivity contribution is -0.147. The standard InChI is InChI=1S/C14H27N3O3/c1-13(2,3)10(11(18)19)16-12(20)14(4,5)17-8-6-15-7-9-17/h10,15H,6-9H2,1-5H3,(H,16,20)(H,18,19)/t10-/m0/s1. The topological polar surface area (TPSA) is 81.7 Å². The Morgan fingerprint density at radius 3 is 2.05 bits per heavy atom. The van der Waals surface area contributed by atoms with Gasteiger partial charge in [0.25, 0.3) is 0 Å². The van der Waals surface area contributed by atoms with E-state index < -0.39 is 23.0 Å². The Bertz CT molecular complexity index is 368. The quantitative estimate of drug-likeness (QED) is 0.691. The zero-order valence-electron chi connectivity index (χ0n) is 13.1. The van der Waals surface area contributed by atoms with Gasteiger partial charge in [-0.05, 0) is 19.3 Å². The molecule has 1 saturated heterocycles. The molecule has 0 aromatic heterocycles. The van der Waals surface area contributed by atoms with Crippen LogP contribution in [0.2, 0.25) is 0 Å². The number of hydrogen-bond donors (Lipinski definition) is 3.